The van der Waals surface area contributed by atoms with Gasteiger partial charge in [-0.2, -0.15) is 8.42 Å². The Kier molecular flexibility index (Phi) is 3.36. The molecule has 0 saturated heterocycles. The van der Waals surface area contributed by atoms with Crippen molar-refractivity contribution in [2.45, 2.75) is 40.0 Å². The molecule has 2 bridgehead atoms. The van der Waals surface area contributed by atoms with E-state index in [1.54, 1.807) is 19.1 Å². The zero-order valence-corrected chi connectivity index (χ0v) is 13.9. The Morgan fingerprint density at radius 2 is 2.09 bits per heavy atom. The monoisotopic (exact) mass is 323 g/mol. The van der Waals surface area contributed by atoms with E-state index in [0.717, 1.165) is 6.42 Å². The van der Waals surface area contributed by atoms with Crippen LogP contribution in [0.4, 0.5) is 0 Å². The summed E-state index contributed by atoms with van der Waals surface area (Å²) in [5.74, 6) is 0.164. The summed E-state index contributed by atoms with van der Waals surface area (Å²) in [6.07, 6.45) is 2.04. The summed E-state index contributed by atoms with van der Waals surface area (Å²) in [6, 6.07) is 4.98. The summed E-state index contributed by atoms with van der Waals surface area (Å²) >= 11 is 0. The third-order valence-electron chi connectivity index (χ3n) is 5.64. The first-order valence-corrected chi connectivity index (χ1v) is 9.13. The lowest BCUT2D eigenvalue weighted by atomic mass is 9.70. The number of aryl methyl sites for hydroxylation is 1. The van der Waals surface area contributed by atoms with Gasteiger partial charge in [0, 0.05) is 18.2 Å². The van der Waals surface area contributed by atoms with Crippen LogP contribution in [0.15, 0.2) is 18.2 Å². The van der Waals surface area contributed by atoms with Gasteiger partial charge in [-0.05, 0) is 37.2 Å². The molecule has 1 aromatic rings. The van der Waals surface area contributed by atoms with Crippen LogP contribution in [0.2, 0.25) is 0 Å². The van der Waals surface area contributed by atoms with E-state index in [9.17, 15) is 13.2 Å². The summed E-state index contributed by atoms with van der Waals surface area (Å²) in [4.78, 5) is 16.5. The largest absolute Gasteiger partial charge is 0.362 e. The molecule has 0 N–H and O–H groups in total. The number of pyridine rings is 1. The molecule has 2 atom stereocenters. The highest BCUT2D eigenvalue weighted by molar-refractivity contribution is 7.87. The van der Waals surface area contributed by atoms with E-state index < -0.39 is 15.5 Å². The zero-order chi connectivity index (χ0) is 16.2. The van der Waals surface area contributed by atoms with Crippen molar-refractivity contribution in [3.05, 3.63) is 23.9 Å². The first-order chi connectivity index (χ1) is 10.2. The van der Waals surface area contributed by atoms with Crippen LogP contribution in [0.5, 0.6) is 5.88 Å². The van der Waals surface area contributed by atoms with Crippen molar-refractivity contribution in [3.8, 4) is 5.88 Å². The molecule has 3 rings (SSSR count). The predicted molar refractivity (Wildman–Crippen MR) is 82.0 cm³/mol. The van der Waals surface area contributed by atoms with Crippen LogP contribution in [-0.2, 0) is 14.9 Å². The minimum Gasteiger partial charge on any atom is -0.362 e. The highest BCUT2D eigenvalue weighted by Crippen LogP contribution is 2.64. The van der Waals surface area contributed by atoms with Crippen LogP contribution in [0.25, 0.3) is 0 Å². The summed E-state index contributed by atoms with van der Waals surface area (Å²) in [7, 11) is -3.87. The third-order valence-corrected chi connectivity index (χ3v) is 6.91. The van der Waals surface area contributed by atoms with Crippen molar-refractivity contribution in [3.63, 3.8) is 0 Å². The van der Waals surface area contributed by atoms with Gasteiger partial charge < -0.3 is 4.18 Å². The summed E-state index contributed by atoms with van der Waals surface area (Å²) in [5.41, 5.74) is -0.412. The zero-order valence-electron chi connectivity index (χ0n) is 13.1. The molecule has 22 heavy (non-hydrogen) atoms. The van der Waals surface area contributed by atoms with Gasteiger partial charge in [0.1, 0.15) is 5.78 Å². The average Bonchev–Trinajstić information content (AvgIpc) is 2.71. The van der Waals surface area contributed by atoms with Crippen LogP contribution in [-0.4, -0.2) is 24.9 Å². The Balaban J connectivity index is 1.87. The molecule has 2 fully saturated rings. The first-order valence-electron chi connectivity index (χ1n) is 7.55. The van der Waals surface area contributed by atoms with Crippen molar-refractivity contribution in [1.82, 2.24) is 4.98 Å². The molecule has 0 amide bonds. The molecule has 0 spiro atoms. The standard InChI is InChI=1S/C16H21NO4S/c1-11-5-4-6-14(17-11)21-22(19,20)10-16-8-7-12(9-13(16)18)15(16,2)3/h4-6,12H,7-10H2,1-3H3. The fraction of sp³-hybridized carbons (Fsp3) is 0.625. The average molecular weight is 323 g/mol. The number of rotatable bonds is 4. The maximum absolute atomic E-state index is 12.5. The molecule has 0 radical (unpaired) electrons. The second kappa shape index (κ2) is 4.78. The van der Waals surface area contributed by atoms with E-state index in [0.29, 0.717) is 18.5 Å². The highest BCUT2D eigenvalue weighted by Gasteiger charge is 2.65. The highest BCUT2D eigenvalue weighted by atomic mass is 32.2. The lowest BCUT2D eigenvalue weighted by molar-refractivity contribution is -0.128. The number of hydrogen-bond acceptors (Lipinski definition) is 5. The van der Waals surface area contributed by atoms with Gasteiger partial charge in [0.15, 0.2) is 0 Å². The van der Waals surface area contributed by atoms with Gasteiger partial charge in [-0.1, -0.05) is 19.9 Å². The fourth-order valence-corrected chi connectivity index (χ4v) is 5.83. The summed E-state index contributed by atoms with van der Waals surface area (Å²) in [6.45, 7) is 5.79. The van der Waals surface area contributed by atoms with Gasteiger partial charge in [0.05, 0.1) is 11.2 Å². The molecule has 6 heteroatoms. The van der Waals surface area contributed by atoms with Gasteiger partial charge in [-0.3, -0.25) is 4.79 Å². The maximum atomic E-state index is 12.5. The van der Waals surface area contributed by atoms with Gasteiger partial charge in [0.25, 0.3) is 0 Å². The Labute approximate surface area is 131 Å². The number of aromatic nitrogens is 1. The number of carbonyl (C=O) groups excluding carboxylic acids is 1. The van der Waals surface area contributed by atoms with Crippen molar-refractivity contribution < 1.29 is 17.4 Å². The minimum absolute atomic E-state index is 0.0641. The smallest absolute Gasteiger partial charge is 0.311 e. The van der Waals surface area contributed by atoms with Crippen LogP contribution < -0.4 is 4.18 Å². The molecule has 2 aliphatic carbocycles. The topological polar surface area (TPSA) is 73.3 Å². The molecule has 0 aliphatic heterocycles. The second-order valence-corrected chi connectivity index (χ2v) is 8.64. The molecule has 5 nitrogen and oxygen atoms in total. The number of fused-ring (bicyclic) bond motifs is 2. The van der Waals surface area contributed by atoms with E-state index in [4.69, 9.17) is 4.18 Å². The number of Topliss-reactive ketones (excluding diaryl/α,β-unsaturated/α-hetero) is 1. The number of nitrogens with zero attached hydrogens (tertiary/aromatic N) is 1. The van der Waals surface area contributed by atoms with Crippen LogP contribution >= 0.6 is 0 Å². The molecule has 1 aromatic heterocycles. The normalized spacial score (nSPS) is 29.8. The number of ketones is 1. The third kappa shape index (κ3) is 2.24. The summed E-state index contributed by atoms with van der Waals surface area (Å²) < 4.78 is 30.1. The van der Waals surface area contributed by atoms with E-state index >= 15 is 0 Å². The van der Waals surface area contributed by atoms with E-state index in [1.807, 2.05) is 13.8 Å². The van der Waals surface area contributed by atoms with Crippen molar-refractivity contribution >= 4 is 15.9 Å². The van der Waals surface area contributed by atoms with Crippen LogP contribution in [0.3, 0.4) is 0 Å². The maximum Gasteiger partial charge on any atom is 0.311 e. The lowest BCUT2D eigenvalue weighted by Gasteiger charge is -2.35. The lowest BCUT2D eigenvalue weighted by Crippen LogP contribution is -2.43. The predicted octanol–water partition coefficient (Wildman–Crippen LogP) is 2.49. The van der Waals surface area contributed by atoms with Gasteiger partial charge in [-0.25, -0.2) is 4.98 Å². The Hall–Kier alpha value is -1.43. The van der Waals surface area contributed by atoms with E-state index in [2.05, 4.69) is 4.98 Å². The van der Waals surface area contributed by atoms with Crippen LogP contribution in [0, 0.1) is 23.7 Å². The SMILES string of the molecule is Cc1cccc(OS(=O)(=O)CC23CCC(CC2=O)C3(C)C)n1. The van der Waals surface area contributed by atoms with Gasteiger partial charge in [-0.15, -0.1) is 0 Å². The second-order valence-electron chi connectivity index (χ2n) is 7.07. The van der Waals surface area contributed by atoms with Crippen molar-refractivity contribution in [2.24, 2.45) is 16.7 Å². The van der Waals surface area contributed by atoms with Crippen LogP contribution in [0.1, 0.15) is 38.8 Å². The number of hydrogen-bond donors (Lipinski definition) is 0. The molecule has 2 saturated carbocycles. The van der Waals surface area contributed by atoms with Crippen molar-refractivity contribution in [2.75, 3.05) is 5.75 Å². The number of carbonyl (C=O) groups is 1. The first kappa shape index (κ1) is 15.5. The van der Waals surface area contributed by atoms with Gasteiger partial charge in [0.2, 0.25) is 5.88 Å². The molecular weight excluding hydrogens is 302 g/mol. The molecule has 1 heterocycles. The molecule has 0 aromatic carbocycles. The Bertz CT molecular complexity index is 725. The Morgan fingerprint density at radius 3 is 2.64 bits per heavy atom. The molecule has 120 valence electrons. The molecule has 2 unspecified atom stereocenters. The van der Waals surface area contributed by atoms with Gasteiger partial charge >= 0.3 is 10.1 Å². The van der Waals surface area contributed by atoms with E-state index in [1.165, 1.54) is 6.07 Å². The van der Waals surface area contributed by atoms with E-state index in [-0.39, 0.29) is 28.7 Å². The van der Waals surface area contributed by atoms with Crippen molar-refractivity contribution in [1.29, 1.82) is 0 Å². The quantitative estimate of drug-likeness (QED) is 0.796. The fourth-order valence-electron chi connectivity index (χ4n) is 4.13. The summed E-state index contributed by atoms with van der Waals surface area (Å²) in [5, 5.41) is 0. The Morgan fingerprint density at radius 1 is 1.36 bits per heavy atom. The molecule has 2 aliphatic rings. The minimum atomic E-state index is -3.87. The molecular formula is C16H21NO4S.